The maximum atomic E-state index is 11.4. The summed E-state index contributed by atoms with van der Waals surface area (Å²) in [5, 5.41) is 6.78. The number of para-hydroxylation sites is 1. The maximum Gasteiger partial charge on any atom is 0.239 e. The van der Waals surface area contributed by atoms with E-state index in [1.165, 1.54) is 0 Å². The van der Waals surface area contributed by atoms with E-state index in [9.17, 15) is 4.79 Å². The lowest BCUT2D eigenvalue weighted by molar-refractivity contribution is -0.120. The van der Waals surface area contributed by atoms with Crippen molar-refractivity contribution in [3.63, 3.8) is 0 Å². The summed E-state index contributed by atoms with van der Waals surface area (Å²) in [6, 6.07) is 7.61. The van der Waals surface area contributed by atoms with E-state index in [4.69, 9.17) is 5.84 Å². The molecule has 0 aliphatic heterocycles. The molecule has 0 saturated heterocycles. The molecule has 0 unspecified atom stereocenters. The highest BCUT2D eigenvalue weighted by Gasteiger charge is 2.07. The van der Waals surface area contributed by atoms with Gasteiger partial charge < -0.3 is 10.6 Å². The van der Waals surface area contributed by atoms with Gasteiger partial charge in [0, 0.05) is 24.9 Å². The van der Waals surface area contributed by atoms with Crippen LogP contribution in [0, 0.1) is 0 Å². The normalized spacial score (nSPS) is 10.3. The summed E-state index contributed by atoms with van der Waals surface area (Å²) in [5.74, 6) is 6.37. The lowest BCUT2D eigenvalue weighted by atomic mass is 10.2. The SMILES string of the molecule is CCNC(=O)CCNc1nc(NN)nc2ccccc12. The summed E-state index contributed by atoms with van der Waals surface area (Å²) >= 11 is 0. The quantitative estimate of drug-likeness (QED) is 0.460. The number of carbonyl (C=O) groups excluding carboxylic acids is 1. The topological polar surface area (TPSA) is 105 Å². The van der Waals surface area contributed by atoms with Crippen molar-refractivity contribution in [1.29, 1.82) is 0 Å². The van der Waals surface area contributed by atoms with Crippen LogP contribution in [-0.4, -0.2) is 29.0 Å². The standard InChI is InChI=1S/C13H18N6O/c1-2-15-11(20)7-8-16-12-9-5-3-4-6-10(9)17-13(18-12)19-14/h3-6H,2,7-8,14H2,1H3,(H,15,20)(H2,16,17,18,19). The Morgan fingerprint density at radius 2 is 2.10 bits per heavy atom. The Labute approximate surface area is 116 Å². The minimum absolute atomic E-state index is 0.00975. The molecule has 1 aromatic heterocycles. The Balaban J connectivity index is 2.14. The largest absolute Gasteiger partial charge is 0.369 e. The van der Waals surface area contributed by atoms with E-state index < -0.39 is 0 Å². The number of nitrogens with two attached hydrogens (primary N) is 1. The van der Waals surface area contributed by atoms with Crippen molar-refractivity contribution in [2.24, 2.45) is 5.84 Å². The van der Waals surface area contributed by atoms with Gasteiger partial charge in [0.1, 0.15) is 5.82 Å². The number of aromatic nitrogens is 2. The number of nitrogens with one attached hydrogen (secondary N) is 3. The molecule has 20 heavy (non-hydrogen) atoms. The van der Waals surface area contributed by atoms with Crippen LogP contribution >= 0.6 is 0 Å². The molecule has 0 bridgehead atoms. The number of anilines is 2. The predicted octanol–water partition coefficient (Wildman–Crippen LogP) is 0.854. The monoisotopic (exact) mass is 274 g/mol. The highest BCUT2D eigenvalue weighted by atomic mass is 16.1. The van der Waals surface area contributed by atoms with Crippen LogP contribution in [0.15, 0.2) is 24.3 Å². The zero-order valence-corrected chi connectivity index (χ0v) is 11.3. The van der Waals surface area contributed by atoms with Crippen LogP contribution in [0.25, 0.3) is 10.9 Å². The Hall–Kier alpha value is -2.41. The lowest BCUT2D eigenvalue weighted by Gasteiger charge is -2.10. The average Bonchev–Trinajstić information content (AvgIpc) is 2.47. The molecule has 0 spiro atoms. The summed E-state index contributed by atoms with van der Waals surface area (Å²) in [7, 11) is 0. The zero-order valence-electron chi connectivity index (χ0n) is 11.3. The summed E-state index contributed by atoms with van der Waals surface area (Å²) < 4.78 is 0. The minimum Gasteiger partial charge on any atom is -0.369 e. The molecule has 1 amide bonds. The molecule has 2 rings (SSSR count). The molecule has 1 aromatic carbocycles. The third kappa shape index (κ3) is 3.33. The minimum atomic E-state index is 0.00975. The fraction of sp³-hybridized carbons (Fsp3) is 0.308. The molecule has 106 valence electrons. The maximum absolute atomic E-state index is 11.4. The molecule has 2 aromatic rings. The molecule has 7 heteroatoms. The summed E-state index contributed by atoms with van der Waals surface area (Å²) in [4.78, 5) is 19.9. The van der Waals surface area contributed by atoms with Gasteiger partial charge in [0.25, 0.3) is 0 Å². The van der Waals surface area contributed by atoms with Crippen LogP contribution in [0.5, 0.6) is 0 Å². The highest BCUT2D eigenvalue weighted by molar-refractivity contribution is 5.90. The number of fused-ring (bicyclic) bond motifs is 1. The Morgan fingerprint density at radius 3 is 2.85 bits per heavy atom. The average molecular weight is 274 g/mol. The number of rotatable bonds is 6. The Kier molecular flexibility index (Phi) is 4.67. The van der Waals surface area contributed by atoms with Gasteiger partial charge in [-0.05, 0) is 19.1 Å². The number of carbonyl (C=O) groups is 1. The van der Waals surface area contributed by atoms with Crippen molar-refractivity contribution in [3.05, 3.63) is 24.3 Å². The van der Waals surface area contributed by atoms with Gasteiger partial charge in [0.2, 0.25) is 11.9 Å². The summed E-state index contributed by atoms with van der Waals surface area (Å²) in [6.07, 6.45) is 0.386. The summed E-state index contributed by atoms with van der Waals surface area (Å²) in [5.41, 5.74) is 3.23. The van der Waals surface area contributed by atoms with Gasteiger partial charge in [-0.15, -0.1) is 0 Å². The van der Waals surface area contributed by atoms with Crippen LogP contribution in [0.3, 0.4) is 0 Å². The second-order valence-electron chi connectivity index (χ2n) is 4.19. The van der Waals surface area contributed by atoms with Crippen LogP contribution < -0.4 is 21.9 Å². The van der Waals surface area contributed by atoms with Gasteiger partial charge in [0.15, 0.2) is 0 Å². The van der Waals surface area contributed by atoms with Crippen molar-refractivity contribution < 1.29 is 4.79 Å². The first-order valence-electron chi connectivity index (χ1n) is 6.48. The van der Waals surface area contributed by atoms with Crippen LogP contribution in [0.1, 0.15) is 13.3 Å². The van der Waals surface area contributed by atoms with Gasteiger partial charge in [-0.2, -0.15) is 4.98 Å². The number of hydrogen-bond acceptors (Lipinski definition) is 6. The van der Waals surface area contributed by atoms with Crippen molar-refractivity contribution in [1.82, 2.24) is 15.3 Å². The molecule has 0 radical (unpaired) electrons. The molecule has 0 aliphatic rings. The van der Waals surface area contributed by atoms with Crippen molar-refractivity contribution in [2.75, 3.05) is 23.8 Å². The van der Waals surface area contributed by atoms with Gasteiger partial charge in [0.05, 0.1) is 5.52 Å². The molecule has 1 heterocycles. The number of benzene rings is 1. The zero-order chi connectivity index (χ0) is 14.4. The fourth-order valence-electron chi connectivity index (χ4n) is 1.86. The number of hydrogen-bond donors (Lipinski definition) is 4. The number of nitrogens with zero attached hydrogens (tertiary/aromatic N) is 2. The second-order valence-corrected chi connectivity index (χ2v) is 4.19. The molecular formula is C13H18N6O. The van der Waals surface area contributed by atoms with E-state index in [1.807, 2.05) is 31.2 Å². The van der Waals surface area contributed by atoms with Crippen molar-refractivity contribution in [2.45, 2.75) is 13.3 Å². The lowest BCUT2D eigenvalue weighted by Crippen LogP contribution is -2.25. The number of hydrazine groups is 1. The van der Waals surface area contributed by atoms with E-state index in [2.05, 4.69) is 26.0 Å². The molecule has 0 atom stereocenters. The second kappa shape index (κ2) is 6.67. The fourth-order valence-corrected chi connectivity index (χ4v) is 1.86. The first kappa shape index (κ1) is 14.0. The van der Waals surface area contributed by atoms with Gasteiger partial charge in [-0.3, -0.25) is 10.2 Å². The van der Waals surface area contributed by atoms with Gasteiger partial charge in [-0.1, -0.05) is 12.1 Å². The van der Waals surface area contributed by atoms with Crippen LogP contribution in [0.4, 0.5) is 11.8 Å². The summed E-state index contributed by atoms with van der Waals surface area (Å²) in [6.45, 7) is 3.02. The van der Waals surface area contributed by atoms with E-state index >= 15 is 0 Å². The van der Waals surface area contributed by atoms with E-state index in [0.29, 0.717) is 31.3 Å². The predicted molar refractivity (Wildman–Crippen MR) is 79.1 cm³/mol. The Morgan fingerprint density at radius 1 is 1.30 bits per heavy atom. The Bertz CT molecular complexity index is 600. The molecular weight excluding hydrogens is 256 g/mol. The van der Waals surface area contributed by atoms with E-state index in [0.717, 1.165) is 10.9 Å². The third-order valence-corrected chi connectivity index (χ3v) is 2.75. The van der Waals surface area contributed by atoms with Crippen LogP contribution in [0.2, 0.25) is 0 Å². The molecule has 0 saturated carbocycles. The number of nitrogen functional groups attached to an aromatic ring is 1. The van der Waals surface area contributed by atoms with Crippen molar-refractivity contribution >= 4 is 28.6 Å². The first-order chi connectivity index (χ1) is 9.74. The van der Waals surface area contributed by atoms with Crippen molar-refractivity contribution in [3.8, 4) is 0 Å². The van der Waals surface area contributed by atoms with E-state index in [1.54, 1.807) is 0 Å². The van der Waals surface area contributed by atoms with Gasteiger partial charge in [-0.25, -0.2) is 10.8 Å². The van der Waals surface area contributed by atoms with E-state index in [-0.39, 0.29) is 5.91 Å². The highest BCUT2D eigenvalue weighted by Crippen LogP contribution is 2.21. The first-order valence-corrected chi connectivity index (χ1v) is 6.48. The smallest absolute Gasteiger partial charge is 0.239 e. The van der Waals surface area contributed by atoms with Crippen LogP contribution in [-0.2, 0) is 4.79 Å². The molecule has 0 fully saturated rings. The van der Waals surface area contributed by atoms with Gasteiger partial charge >= 0.3 is 0 Å². The molecule has 0 aliphatic carbocycles. The third-order valence-electron chi connectivity index (χ3n) is 2.75. The molecule has 5 N–H and O–H groups in total. The number of amides is 1. The molecule has 7 nitrogen and oxygen atoms in total.